The van der Waals surface area contributed by atoms with Gasteiger partial charge >= 0.3 is 5.63 Å². The van der Waals surface area contributed by atoms with Crippen molar-refractivity contribution in [3.05, 3.63) is 75.3 Å². The fourth-order valence-electron chi connectivity index (χ4n) is 3.60. The molecule has 1 fully saturated rings. The van der Waals surface area contributed by atoms with E-state index in [-0.39, 0.29) is 11.5 Å². The number of halogens is 1. The average molecular weight is 481 g/mol. The summed E-state index contributed by atoms with van der Waals surface area (Å²) in [5, 5.41) is 9.21. The van der Waals surface area contributed by atoms with E-state index in [1.807, 2.05) is 24.3 Å². The molecular formula is C22H17BrN4O4. The van der Waals surface area contributed by atoms with Gasteiger partial charge in [-0.2, -0.15) is 0 Å². The molecule has 156 valence electrons. The van der Waals surface area contributed by atoms with Gasteiger partial charge in [-0.25, -0.2) is 4.79 Å². The van der Waals surface area contributed by atoms with Crippen molar-refractivity contribution in [1.82, 2.24) is 15.1 Å². The number of carbonyl (C=O) groups excluding carboxylic acids is 1. The summed E-state index contributed by atoms with van der Waals surface area (Å²) < 4.78 is 11.5. The van der Waals surface area contributed by atoms with Gasteiger partial charge in [0.15, 0.2) is 11.6 Å². The molecule has 4 aromatic rings. The molecule has 1 aliphatic rings. The third kappa shape index (κ3) is 3.84. The second-order valence-electron chi connectivity index (χ2n) is 7.16. The predicted octanol–water partition coefficient (Wildman–Crippen LogP) is 3.57. The zero-order valence-electron chi connectivity index (χ0n) is 16.3. The van der Waals surface area contributed by atoms with Crippen LogP contribution in [-0.2, 0) is 0 Å². The number of amides is 1. The largest absolute Gasteiger partial charge is 0.463 e. The van der Waals surface area contributed by atoms with Crippen LogP contribution in [0, 0.1) is 0 Å². The fraction of sp³-hybridized carbons (Fsp3) is 0.182. The summed E-state index contributed by atoms with van der Waals surface area (Å²) >= 11 is 3.40. The summed E-state index contributed by atoms with van der Waals surface area (Å²) in [5.74, 6) is 1.07. The Balaban J connectivity index is 1.29. The Hall–Kier alpha value is -3.46. The number of hydrogen-bond acceptors (Lipinski definition) is 7. The van der Waals surface area contributed by atoms with E-state index in [2.05, 4.69) is 31.0 Å². The fourth-order valence-corrected chi connectivity index (χ4v) is 3.98. The highest BCUT2D eigenvalue weighted by molar-refractivity contribution is 9.10. The average Bonchev–Trinajstić information content (AvgIpc) is 3.34. The van der Waals surface area contributed by atoms with Crippen LogP contribution in [0.4, 0.5) is 5.82 Å². The summed E-state index contributed by atoms with van der Waals surface area (Å²) in [6, 6.07) is 14.3. The van der Waals surface area contributed by atoms with Gasteiger partial charge in [-0.1, -0.05) is 15.9 Å². The number of furan rings is 1. The molecule has 8 nitrogen and oxygen atoms in total. The van der Waals surface area contributed by atoms with E-state index < -0.39 is 5.63 Å². The van der Waals surface area contributed by atoms with Crippen molar-refractivity contribution in [1.29, 1.82) is 0 Å². The standard InChI is InChI=1S/C22H17BrN4O4/c23-15-3-5-18-14(12-15)13-16(22(29)31-18)21(28)27-9-7-26(8-10-27)20-6-4-17(24-25-20)19-2-1-11-30-19/h1-6,11-13H,7-10H2. The van der Waals surface area contributed by atoms with Crippen LogP contribution in [-0.4, -0.2) is 47.2 Å². The van der Waals surface area contributed by atoms with Gasteiger partial charge in [0, 0.05) is 36.0 Å². The van der Waals surface area contributed by atoms with Crippen LogP contribution in [0.15, 0.2) is 72.9 Å². The Labute approximate surface area is 185 Å². The van der Waals surface area contributed by atoms with Crippen molar-refractivity contribution in [3.63, 3.8) is 0 Å². The van der Waals surface area contributed by atoms with E-state index in [4.69, 9.17) is 8.83 Å². The van der Waals surface area contributed by atoms with Crippen LogP contribution in [0.5, 0.6) is 0 Å². The van der Waals surface area contributed by atoms with E-state index in [0.717, 1.165) is 10.3 Å². The van der Waals surface area contributed by atoms with Crippen LogP contribution in [0.3, 0.4) is 0 Å². The zero-order valence-corrected chi connectivity index (χ0v) is 17.9. The molecule has 31 heavy (non-hydrogen) atoms. The Morgan fingerprint density at radius 2 is 1.84 bits per heavy atom. The molecule has 5 rings (SSSR count). The van der Waals surface area contributed by atoms with Crippen molar-refractivity contribution in [3.8, 4) is 11.5 Å². The lowest BCUT2D eigenvalue weighted by molar-refractivity contribution is 0.0742. The molecule has 0 spiro atoms. The third-order valence-electron chi connectivity index (χ3n) is 5.24. The molecular weight excluding hydrogens is 464 g/mol. The predicted molar refractivity (Wildman–Crippen MR) is 118 cm³/mol. The molecule has 0 N–H and O–H groups in total. The molecule has 3 aromatic heterocycles. The number of rotatable bonds is 3. The summed E-state index contributed by atoms with van der Waals surface area (Å²) in [6.07, 6.45) is 1.59. The maximum atomic E-state index is 13.0. The second-order valence-corrected chi connectivity index (χ2v) is 8.08. The molecule has 1 saturated heterocycles. The number of anilines is 1. The number of hydrogen-bond donors (Lipinski definition) is 0. The van der Waals surface area contributed by atoms with Gasteiger partial charge in [-0.05, 0) is 48.5 Å². The first-order valence-corrected chi connectivity index (χ1v) is 10.5. The molecule has 0 radical (unpaired) electrons. The van der Waals surface area contributed by atoms with E-state index in [1.54, 1.807) is 35.4 Å². The van der Waals surface area contributed by atoms with Gasteiger partial charge in [0.1, 0.15) is 16.8 Å². The monoisotopic (exact) mass is 480 g/mol. The quantitative estimate of drug-likeness (QED) is 0.413. The highest BCUT2D eigenvalue weighted by Crippen LogP contribution is 2.22. The highest BCUT2D eigenvalue weighted by atomic mass is 79.9. The van der Waals surface area contributed by atoms with Crippen LogP contribution in [0.1, 0.15) is 10.4 Å². The van der Waals surface area contributed by atoms with Gasteiger partial charge < -0.3 is 18.6 Å². The first-order valence-electron chi connectivity index (χ1n) is 9.74. The second kappa shape index (κ2) is 7.99. The summed E-state index contributed by atoms with van der Waals surface area (Å²) in [4.78, 5) is 29.0. The lowest BCUT2D eigenvalue weighted by Crippen LogP contribution is -2.49. The molecule has 0 atom stereocenters. The van der Waals surface area contributed by atoms with Crippen LogP contribution < -0.4 is 10.5 Å². The minimum Gasteiger partial charge on any atom is -0.463 e. The van der Waals surface area contributed by atoms with E-state index in [1.165, 1.54) is 0 Å². The minimum atomic E-state index is -0.623. The Morgan fingerprint density at radius 1 is 1.00 bits per heavy atom. The molecule has 0 bridgehead atoms. The number of piperazine rings is 1. The molecule has 0 unspecified atom stereocenters. The molecule has 1 aliphatic heterocycles. The third-order valence-corrected chi connectivity index (χ3v) is 5.73. The number of benzene rings is 1. The van der Waals surface area contributed by atoms with Gasteiger partial charge in [0.25, 0.3) is 5.91 Å². The minimum absolute atomic E-state index is 0.0432. The van der Waals surface area contributed by atoms with Crippen molar-refractivity contribution in [2.24, 2.45) is 0 Å². The number of nitrogens with zero attached hydrogens (tertiary/aromatic N) is 4. The number of carbonyl (C=O) groups is 1. The first kappa shape index (κ1) is 19.5. The first-order chi connectivity index (χ1) is 15.1. The summed E-state index contributed by atoms with van der Waals surface area (Å²) in [7, 11) is 0. The summed E-state index contributed by atoms with van der Waals surface area (Å²) in [6.45, 7) is 2.11. The number of fused-ring (bicyclic) bond motifs is 1. The zero-order chi connectivity index (χ0) is 21.4. The molecule has 1 amide bonds. The molecule has 0 saturated carbocycles. The maximum absolute atomic E-state index is 13.0. The Kier molecular flexibility index (Phi) is 5.03. The molecule has 4 heterocycles. The van der Waals surface area contributed by atoms with Crippen molar-refractivity contribution in [2.75, 3.05) is 31.1 Å². The van der Waals surface area contributed by atoms with E-state index in [0.29, 0.717) is 48.6 Å². The maximum Gasteiger partial charge on any atom is 0.349 e. The van der Waals surface area contributed by atoms with Gasteiger partial charge in [0.05, 0.1) is 6.26 Å². The molecule has 9 heteroatoms. The van der Waals surface area contributed by atoms with Crippen LogP contribution >= 0.6 is 15.9 Å². The number of aromatic nitrogens is 2. The van der Waals surface area contributed by atoms with Gasteiger partial charge in [0.2, 0.25) is 0 Å². The Morgan fingerprint density at radius 3 is 2.55 bits per heavy atom. The smallest absolute Gasteiger partial charge is 0.349 e. The SMILES string of the molecule is O=C(c1cc2cc(Br)ccc2oc1=O)N1CCN(c2ccc(-c3ccco3)nn2)CC1. The normalized spacial score (nSPS) is 14.2. The molecule has 0 aliphatic carbocycles. The van der Waals surface area contributed by atoms with Crippen LogP contribution in [0.25, 0.3) is 22.4 Å². The van der Waals surface area contributed by atoms with E-state index in [9.17, 15) is 9.59 Å². The summed E-state index contributed by atoms with van der Waals surface area (Å²) in [5.41, 5.74) is 0.534. The molecule has 1 aromatic carbocycles. The van der Waals surface area contributed by atoms with Gasteiger partial charge in [-0.15, -0.1) is 10.2 Å². The van der Waals surface area contributed by atoms with Crippen molar-refractivity contribution >= 4 is 38.6 Å². The lowest BCUT2D eigenvalue weighted by Gasteiger charge is -2.35. The topological polar surface area (TPSA) is 92.7 Å². The Bertz CT molecular complexity index is 1290. The highest BCUT2D eigenvalue weighted by Gasteiger charge is 2.25. The van der Waals surface area contributed by atoms with Gasteiger partial charge in [-0.3, -0.25) is 4.79 Å². The van der Waals surface area contributed by atoms with Crippen molar-refractivity contribution < 1.29 is 13.6 Å². The van der Waals surface area contributed by atoms with E-state index >= 15 is 0 Å². The van der Waals surface area contributed by atoms with Crippen molar-refractivity contribution in [2.45, 2.75) is 0 Å². The lowest BCUT2D eigenvalue weighted by atomic mass is 10.1. The van der Waals surface area contributed by atoms with Crippen LogP contribution in [0.2, 0.25) is 0 Å².